The fourth-order valence-corrected chi connectivity index (χ4v) is 2.77. The van der Waals surface area contributed by atoms with Gasteiger partial charge < -0.3 is 9.84 Å². The van der Waals surface area contributed by atoms with E-state index in [2.05, 4.69) is 20.8 Å². The van der Waals surface area contributed by atoms with Gasteiger partial charge in [-0.1, -0.05) is 27.2 Å². The fraction of sp³-hybridized carbons (Fsp3) is 0.917. The molecule has 0 spiro atoms. The molecule has 3 atom stereocenters. The average molecular weight is 214 g/mol. The Morgan fingerprint density at radius 3 is 2.67 bits per heavy atom. The molecule has 1 saturated carbocycles. The van der Waals surface area contributed by atoms with Crippen LogP contribution in [0.1, 0.15) is 40.0 Å². The molecule has 0 heterocycles. The lowest BCUT2D eigenvalue weighted by Gasteiger charge is -2.36. The lowest BCUT2D eigenvalue weighted by Crippen LogP contribution is -2.31. The molecule has 1 N–H and O–H groups in total. The number of rotatable bonds is 3. The topological polar surface area (TPSA) is 46.5 Å². The average Bonchev–Trinajstić information content (AvgIpc) is 2.14. The van der Waals surface area contributed by atoms with Gasteiger partial charge in [0.25, 0.3) is 0 Å². The molecular formula is C12H22O3. The Morgan fingerprint density at radius 2 is 2.13 bits per heavy atom. The normalized spacial score (nSPS) is 31.6. The SMILES string of the molecule is CC(C)[C@@H]1CC[C@@H](C)CC1COC(=O)O. The molecule has 0 aromatic rings. The van der Waals surface area contributed by atoms with Crippen molar-refractivity contribution in [3.63, 3.8) is 0 Å². The first-order chi connectivity index (χ1) is 7.00. The summed E-state index contributed by atoms with van der Waals surface area (Å²) in [6, 6.07) is 0. The maximum atomic E-state index is 10.4. The Labute approximate surface area is 91.8 Å². The summed E-state index contributed by atoms with van der Waals surface area (Å²) in [4.78, 5) is 10.4. The summed E-state index contributed by atoms with van der Waals surface area (Å²) in [6.07, 6.45) is 2.45. The highest BCUT2D eigenvalue weighted by molar-refractivity contribution is 5.56. The highest BCUT2D eigenvalue weighted by Gasteiger charge is 2.31. The minimum atomic E-state index is -1.14. The van der Waals surface area contributed by atoms with Crippen LogP contribution in [0.4, 0.5) is 4.79 Å². The zero-order valence-corrected chi connectivity index (χ0v) is 9.90. The molecule has 1 fully saturated rings. The predicted molar refractivity (Wildman–Crippen MR) is 58.8 cm³/mol. The Hall–Kier alpha value is -0.730. The van der Waals surface area contributed by atoms with Crippen molar-refractivity contribution in [3.05, 3.63) is 0 Å². The Morgan fingerprint density at radius 1 is 1.47 bits per heavy atom. The molecule has 15 heavy (non-hydrogen) atoms. The van der Waals surface area contributed by atoms with E-state index >= 15 is 0 Å². The molecule has 1 rings (SSSR count). The van der Waals surface area contributed by atoms with Crippen LogP contribution in [0.2, 0.25) is 0 Å². The zero-order valence-electron chi connectivity index (χ0n) is 9.90. The Balaban J connectivity index is 2.50. The summed E-state index contributed by atoms with van der Waals surface area (Å²) in [6.45, 7) is 7.05. The zero-order chi connectivity index (χ0) is 11.4. The van der Waals surface area contributed by atoms with E-state index in [1.165, 1.54) is 12.8 Å². The molecule has 0 aliphatic heterocycles. The van der Waals surface area contributed by atoms with E-state index in [1.807, 2.05) is 0 Å². The largest absolute Gasteiger partial charge is 0.505 e. The number of carbonyl (C=O) groups is 1. The van der Waals surface area contributed by atoms with Gasteiger partial charge in [0, 0.05) is 0 Å². The lowest BCUT2D eigenvalue weighted by atomic mass is 9.70. The van der Waals surface area contributed by atoms with Gasteiger partial charge in [-0.05, 0) is 36.5 Å². The van der Waals surface area contributed by atoms with E-state index in [1.54, 1.807) is 0 Å². The van der Waals surface area contributed by atoms with Crippen LogP contribution in [-0.2, 0) is 4.74 Å². The van der Waals surface area contributed by atoms with Gasteiger partial charge in [0.1, 0.15) is 0 Å². The van der Waals surface area contributed by atoms with Gasteiger partial charge >= 0.3 is 6.16 Å². The van der Waals surface area contributed by atoms with Gasteiger partial charge in [-0.15, -0.1) is 0 Å². The molecule has 88 valence electrons. The van der Waals surface area contributed by atoms with Crippen LogP contribution in [0, 0.1) is 23.7 Å². The highest BCUT2D eigenvalue weighted by Crippen LogP contribution is 2.37. The van der Waals surface area contributed by atoms with Gasteiger partial charge in [-0.25, -0.2) is 4.79 Å². The number of ether oxygens (including phenoxy) is 1. The standard InChI is InChI=1S/C12H22O3/c1-8(2)11-5-4-9(3)6-10(11)7-15-12(13)14/h8-11H,4-7H2,1-3H3,(H,13,14)/t9-,10?,11+/m1/s1. The molecule has 0 saturated heterocycles. The molecule has 1 aliphatic carbocycles. The van der Waals surface area contributed by atoms with Crippen LogP contribution in [0.3, 0.4) is 0 Å². The second kappa shape index (κ2) is 5.38. The molecule has 1 aliphatic rings. The highest BCUT2D eigenvalue weighted by atomic mass is 16.7. The molecule has 3 heteroatoms. The first kappa shape index (κ1) is 12.3. The first-order valence-corrected chi connectivity index (χ1v) is 5.86. The molecule has 0 bridgehead atoms. The van der Waals surface area contributed by atoms with Crippen molar-refractivity contribution in [2.45, 2.75) is 40.0 Å². The predicted octanol–water partition coefficient (Wildman–Crippen LogP) is 3.39. The van der Waals surface area contributed by atoms with Gasteiger partial charge in [-0.3, -0.25) is 0 Å². The van der Waals surface area contributed by atoms with Gasteiger partial charge in [0.2, 0.25) is 0 Å². The molecule has 0 radical (unpaired) electrons. The number of carboxylic acid groups (broad SMARTS) is 1. The van der Waals surface area contributed by atoms with Crippen molar-refractivity contribution in [2.75, 3.05) is 6.61 Å². The molecule has 1 unspecified atom stereocenters. The lowest BCUT2D eigenvalue weighted by molar-refractivity contribution is 0.0367. The minimum Gasteiger partial charge on any atom is -0.450 e. The van der Waals surface area contributed by atoms with Crippen molar-refractivity contribution in [1.29, 1.82) is 0 Å². The molecule has 0 aromatic carbocycles. The van der Waals surface area contributed by atoms with Crippen molar-refractivity contribution in [3.8, 4) is 0 Å². The molecular weight excluding hydrogens is 192 g/mol. The van der Waals surface area contributed by atoms with E-state index in [4.69, 9.17) is 9.84 Å². The first-order valence-electron chi connectivity index (χ1n) is 5.86. The smallest absolute Gasteiger partial charge is 0.450 e. The maximum Gasteiger partial charge on any atom is 0.505 e. The number of hydrogen-bond acceptors (Lipinski definition) is 2. The van der Waals surface area contributed by atoms with Crippen LogP contribution in [-0.4, -0.2) is 17.9 Å². The summed E-state index contributed by atoms with van der Waals surface area (Å²) in [5, 5.41) is 8.51. The summed E-state index contributed by atoms with van der Waals surface area (Å²) >= 11 is 0. The summed E-state index contributed by atoms with van der Waals surface area (Å²) in [5.41, 5.74) is 0. The van der Waals surface area contributed by atoms with Crippen molar-refractivity contribution < 1.29 is 14.6 Å². The van der Waals surface area contributed by atoms with E-state index in [-0.39, 0.29) is 0 Å². The van der Waals surface area contributed by atoms with Gasteiger partial charge in [0.15, 0.2) is 0 Å². The van der Waals surface area contributed by atoms with E-state index in [0.29, 0.717) is 30.3 Å². The van der Waals surface area contributed by atoms with E-state index in [9.17, 15) is 4.79 Å². The van der Waals surface area contributed by atoms with Crippen LogP contribution in [0.25, 0.3) is 0 Å². The Bertz CT molecular complexity index is 213. The third kappa shape index (κ3) is 3.73. The minimum absolute atomic E-state index is 0.377. The van der Waals surface area contributed by atoms with E-state index < -0.39 is 6.16 Å². The second-order valence-electron chi connectivity index (χ2n) is 5.16. The van der Waals surface area contributed by atoms with E-state index in [0.717, 1.165) is 6.42 Å². The Kier molecular flexibility index (Phi) is 4.43. The van der Waals surface area contributed by atoms with Crippen molar-refractivity contribution >= 4 is 6.16 Å². The quantitative estimate of drug-likeness (QED) is 0.732. The van der Waals surface area contributed by atoms with Crippen molar-refractivity contribution in [2.24, 2.45) is 23.7 Å². The van der Waals surface area contributed by atoms with Crippen LogP contribution < -0.4 is 0 Å². The second-order valence-corrected chi connectivity index (χ2v) is 5.16. The maximum absolute atomic E-state index is 10.4. The molecule has 3 nitrogen and oxygen atoms in total. The van der Waals surface area contributed by atoms with Crippen LogP contribution in [0.5, 0.6) is 0 Å². The fourth-order valence-electron chi connectivity index (χ4n) is 2.77. The summed E-state index contributed by atoms with van der Waals surface area (Å²) in [7, 11) is 0. The van der Waals surface area contributed by atoms with Crippen molar-refractivity contribution in [1.82, 2.24) is 0 Å². The summed E-state index contributed by atoms with van der Waals surface area (Å²) in [5.74, 6) is 2.38. The monoisotopic (exact) mass is 214 g/mol. The van der Waals surface area contributed by atoms with Crippen LogP contribution >= 0.6 is 0 Å². The molecule has 0 aromatic heterocycles. The third-order valence-electron chi connectivity index (χ3n) is 3.58. The number of hydrogen-bond donors (Lipinski definition) is 1. The van der Waals surface area contributed by atoms with Gasteiger partial charge in [0.05, 0.1) is 6.61 Å². The summed E-state index contributed by atoms with van der Waals surface area (Å²) < 4.78 is 4.73. The third-order valence-corrected chi connectivity index (χ3v) is 3.58. The molecule has 0 amide bonds. The van der Waals surface area contributed by atoms with Gasteiger partial charge in [-0.2, -0.15) is 0 Å². The van der Waals surface area contributed by atoms with Crippen LogP contribution in [0.15, 0.2) is 0 Å².